The molecule has 126 valence electrons. The van der Waals surface area contributed by atoms with Crippen LogP contribution in [0.15, 0.2) is 24.4 Å². The first-order chi connectivity index (χ1) is 11.5. The average Bonchev–Trinajstić information content (AvgIpc) is 2.92. The number of anilines is 2. The summed E-state index contributed by atoms with van der Waals surface area (Å²) in [5.74, 6) is -1.23. The Bertz CT molecular complexity index is 795. The number of nitriles is 1. The van der Waals surface area contributed by atoms with Gasteiger partial charge in [-0.05, 0) is 12.1 Å². The second-order valence-corrected chi connectivity index (χ2v) is 4.83. The average molecular weight is 332 g/mol. The summed E-state index contributed by atoms with van der Waals surface area (Å²) in [7, 11) is 2.74. The molecule has 24 heavy (non-hydrogen) atoms. The maximum absolute atomic E-state index is 14.2. The SMILES string of the molecule is COCCNc1c(F)cccc1-n1cc(C#N)c(N)c1C(=O)OC. The monoisotopic (exact) mass is 332 g/mol. The van der Waals surface area contributed by atoms with Crippen molar-refractivity contribution in [1.29, 1.82) is 5.26 Å². The van der Waals surface area contributed by atoms with Gasteiger partial charge >= 0.3 is 5.97 Å². The van der Waals surface area contributed by atoms with Crippen LogP contribution in [0.5, 0.6) is 0 Å². The van der Waals surface area contributed by atoms with Gasteiger partial charge in [0.05, 0.1) is 36.3 Å². The third-order valence-corrected chi connectivity index (χ3v) is 3.40. The van der Waals surface area contributed by atoms with E-state index in [1.54, 1.807) is 6.07 Å². The molecule has 0 saturated heterocycles. The van der Waals surface area contributed by atoms with Crippen molar-refractivity contribution in [2.24, 2.45) is 0 Å². The maximum atomic E-state index is 14.2. The molecule has 0 aliphatic carbocycles. The van der Waals surface area contributed by atoms with Gasteiger partial charge in [0.15, 0.2) is 5.69 Å². The lowest BCUT2D eigenvalue weighted by Gasteiger charge is -2.15. The Hall–Kier alpha value is -3.05. The number of nitrogens with one attached hydrogen (secondary N) is 1. The number of esters is 1. The Balaban J connectivity index is 2.62. The van der Waals surface area contributed by atoms with E-state index in [1.165, 1.54) is 37.1 Å². The van der Waals surface area contributed by atoms with Gasteiger partial charge in [-0.3, -0.25) is 0 Å². The Morgan fingerprint density at radius 3 is 2.83 bits per heavy atom. The molecule has 0 unspecified atom stereocenters. The highest BCUT2D eigenvalue weighted by Crippen LogP contribution is 2.30. The zero-order valence-electron chi connectivity index (χ0n) is 13.3. The van der Waals surface area contributed by atoms with Crippen LogP contribution in [0, 0.1) is 17.1 Å². The summed E-state index contributed by atoms with van der Waals surface area (Å²) in [6.07, 6.45) is 1.37. The molecule has 0 bridgehead atoms. The largest absolute Gasteiger partial charge is 0.464 e. The van der Waals surface area contributed by atoms with Crippen molar-refractivity contribution in [2.75, 3.05) is 38.4 Å². The highest BCUT2D eigenvalue weighted by atomic mass is 19.1. The van der Waals surface area contributed by atoms with Crippen molar-refractivity contribution in [1.82, 2.24) is 4.57 Å². The number of methoxy groups -OCH3 is 2. The Labute approximate surface area is 138 Å². The molecule has 2 rings (SSSR count). The summed E-state index contributed by atoms with van der Waals surface area (Å²) in [4.78, 5) is 12.0. The van der Waals surface area contributed by atoms with Crippen molar-refractivity contribution in [3.8, 4) is 11.8 Å². The van der Waals surface area contributed by atoms with Gasteiger partial charge < -0.3 is 25.1 Å². The molecule has 0 aliphatic heterocycles. The van der Waals surface area contributed by atoms with Crippen LogP contribution in [0.3, 0.4) is 0 Å². The van der Waals surface area contributed by atoms with E-state index < -0.39 is 11.8 Å². The van der Waals surface area contributed by atoms with E-state index in [9.17, 15) is 9.18 Å². The quantitative estimate of drug-likeness (QED) is 0.619. The Morgan fingerprint density at radius 1 is 1.46 bits per heavy atom. The van der Waals surface area contributed by atoms with Crippen molar-refractivity contribution < 1.29 is 18.7 Å². The van der Waals surface area contributed by atoms with Crippen LogP contribution in [0.1, 0.15) is 16.1 Å². The fourth-order valence-corrected chi connectivity index (χ4v) is 2.27. The smallest absolute Gasteiger partial charge is 0.357 e. The number of benzene rings is 1. The molecule has 7 nitrogen and oxygen atoms in total. The molecular weight excluding hydrogens is 315 g/mol. The molecule has 3 N–H and O–H groups in total. The highest BCUT2D eigenvalue weighted by Gasteiger charge is 2.23. The zero-order chi connectivity index (χ0) is 17.7. The molecule has 0 aliphatic rings. The number of halogens is 1. The lowest BCUT2D eigenvalue weighted by atomic mass is 10.2. The molecule has 0 spiro atoms. The van der Waals surface area contributed by atoms with E-state index in [2.05, 4.69) is 5.32 Å². The minimum absolute atomic E-state index is 0.0172. The Morgan fingerprint density at radius 2 is 2.21 bits per heavy atom. The maximum Gasteiger partial charge on any atom is 0.357 e. The standard InChI is InChI=1S/C16H17FN4O3/c1-23-7-6-20-14-11(17)4-3-5-12(14)21-9-10(8-18)13(19)15(21)16(22)24-2/h3-5,9,20H,6-7,19H2,1-2H3. The van der Waals surface area contributed by atoms with Crippen molar-refractivity contribution in [3.63, 3.8) is 0 Å². The minimum Gasteiger partial charge on any atom is -0.464 e. The zero-order valence-corrected chi connectivity index (χ0v) is 13.3. The van der Waals surface area contributed by atoms with E-state index in [0.29, 0.717) is 18.8 Å². The molecule has 8 heteroatoms. The number of ether oxygens (including phenoxy) is 2. The van der Waals surface area contributed by atoms with E-state index in [4.69, 9.17) is 20.5 Å². The van der Waals surface area contributed by atoms with Crippen molar-refractivity contribution in [3.05, 3.63) is 41.5 Å². The van der Waals surface area contributed by atoms with Gasteiger partial charge in [0, 0.05) is 19.9 Å². The van der Waals surface area contributed by atoms with E-state index in [0.717, 1.165) is 0 Å². The molecule has 0 amide bonds. The number of aromatic nitrogens is 1. The number of rotatable bonds is 6. The van der Waals surface area contributed by atoms with Crippen molar-refractivity contribution in [2.45, 2.75) is 0 Å². The fraction of sp³-hybridized carbons (Fsp3) is 0.250. The third kappa shape index (κ3) is 3.16. The number of carbonyl (C=O) groups excluding carboxylic acids is 1. The molecule has 0 fully saturated rings. The number of nitrogens with zero attached hydrogens (tertiary/aromatic N) is 2. The first-order valence-corrected chi connectivity index (χ1v) is 7.06. The van der Waals surface area contributed by atoms with Crippen LogP contribution in [-0.4, -0.2) is 37.9 Å². The number of carbonyl (C=O) groups is 1. The van der Waals surface area contributed by atoms with Crippen LogP contribution in [-0.2, 0) is 9.47 Å². The molecule has 0 saturated carbocycles. The van der Waals surface area contributed by atoms with Crippen LogP contribution >= 0.6 is 0 Å². The lowest BCUT2D eigenvalue weighted by Crippen LogP contribution is -2.15. The summed E-state index contributed by atoms with van der Waals surface area (Å²) in [6.45, 7) is 0.731. The van der Waals surface area contributed by atoms with Crippen molar-refractivity contribution >= 4 is 17.3 Å². The van der Waals surface area contributed by atoms with E-state index in [1.807, 2.05) is 6.07 Å². The van der Waals surface area contributed by atoms with E-state index >= 15 is 0 Å². The summed E-state index contributed by atoms with van der Waals surface area (Å²) in [6, 6.07) is 6.29. The Kier molecular flexibility index (Phi) is 5.39. The number of nitrogens with two attached hydrogens (primary N) is 1. The molecule has 1 heterocycles. The topological polar surface area (TPSA) is 102 Å². The summed E-state index contributed by atoms with van der Waals surface area (Å²) < 4.78 is 25.2. The second-order valence-electron chi connectivity index (χ2n) is 4.83. The van der Waals surface area contributed by atoms with Gasteiger partial charge in [0.2, 0.25) is 0 Å². The summed E-state index contributed by atoms with van der Waals surface area (Å²) >= 11 is 0. The first kappa shape index (κ1) is 17.3. The number of hydrogen-bond acceptors (Lipinski definition) is 6. The number of para-hydroxylation sites is 1. The number of hydrogen-bond donors (Lipinski definition) is 2. The van der Waals surface area contributed by atoms with E-state index in [-0.39, 0.29) is 22.6 Å². The normalized spacial score (nSPS) is 10.2. The number of nitrogen functional groups attached to an aromatic ring is 1. The van der Waals surface area contributed by atoms with Crippen LogP contribution < -0.4 is 11.1 Å². The molecular formula is C16H17FN4O3. The summed E-state index contributed by atoms with van der Waals surface area (Å²) in [5.41, 5.74) is 6.41. The van der Waals surface area contributed by atoms with Gasteiger partial charge in [0.1, 0.15) is 11.9 Å². The van der Waals surface area contributed by atoms with Crippen LogP contribution in [0.4, 0.5) is 15.8 Å². The molecule has 1 aromatic carbocycles. The molecule has 1 aromatic heterocycles. The van der Waals surface area contributed by atoms with Gasteiger partial charge in [-0.15, -0.1) is 0 Å². The molecule has 0 radical (unpaired) electrons. The molecule has 0 atom stereocenters. The predicted octanol–water partition coefficient (Wildman–Crippen LogP) is 1.92. The van der Waals surface area contributed by atoms with Crippen LogP contribution in [0.25, 0.3) is 5.69 Å². The summed E-state index contributed by atoms with van der Waals surface area (Å²) in [5, 5.41) is 12.1. The third-order valence-electron chi connectivity index (χ3n) is 3.40. The first-order valence-electron chi connectivity index (χ1n) is 7.06. The van der Waals surface area contributed by atoms with Gasteiger partial charge in [-0.25, -0.2) is 9.18 Å². The van der Waals surface area contributed by atoms with Gasteiger partial charge in [-0.1, -0.05) is 6.07 Å². The minimum atomic E-state index is -0.721. The van der Waals surface area contributed by atoms with Crippen LogP contribution in [0.2, 0.25) is 0 Å². The van der Waals surface area contributed by atoms with Gasteiger partial charge in [0.25, 0.3) is 0 Å². The lowest BCUT2D eigenvalue weighted by molar-refractivity contribution is 0.0593. The fourth-order valence-electron chi connectivity index (χ4n) is 2.27. The predicted molar refractivity (Wildman–Crippen MR) is 86.6 cm³/mol. The highest BCUT2D eigenvalue weighted by molar-refractivity contribution is 5.96. The molecule has 2 aromatic rings. The second kappa shape index (κ2) is 7.48. The van der Waals surface area contributed by atoms with Gasteiger partial charge in [-0.2, -0.15) is 5.26 Å².